The third-order valence-corrected chi connectivity index (χ3v) is 10.8. The third kappa shape index (κ3) is 28.7. The summed E-state index contributed by atoms with van der Waals surface area (Å²) in [7, 11) is -4.45. The van der Waals surface area contributed by atoms with Gasteiger partial charge in [-0.1, -0.05) is 126 Å². The summed E-state index contributed by atoms with van der Waals surface area (Å²) in [5.41, 5.74) is 5.34. The first-order chi connectivity index (χ1) is 28.0. The lowest BCUT2D eigenvalue weighted by atomic mass is 9.88. The molecule has 0 heterocycles. The van der Waals surface area contributed by atoms with Crippen molar-refractivity contribution in [1.82, 2.24) is 0 Å². The van der Waals surface area contributed by atoms with Gasteiger partial charge in [-0.25, -0.2) is 4.57 Å². The Balaban J connectivity index is 2.42. The van der Waals surface area contributed by atoms with Gasteiger partial charge in [0.2, 0.25) is 0 Å². The van der Waals surface area contributed by atoms with Crippen LogP contribution in [0.25, 0.3) is 0 Å². The van der Waals surface area contributed by atoms with Crippen LogP contribution in [0, 0.1) is 11.8 Å². The van der Waals surface area contributed by atoms with Crippen LogP contribution in [-0.2, 0) is 37.5 Å². The number of allylic oxidation sites excluding steroid dienone is 9. The van der Waals surface area contributed by atoms with Gasteiger partial charge in [-0.3, -0.25) is 23.4 Å². The van der Waals surface area contributed by atoms with Gasteiger partial charge in [-0.05, 0) is 70.1 Å². The summed E-state index contributed by atoms with van der Waals surface area (Å²) in [6.07, 6.45) is 34.5. The highest BCUT2D eigenvalue weighted by Gasteiger charge is 2.39. The molecule has 1 aliphatic rings. The van der Waals surface area contributed by atoms with E-state index in [1.165, 1.54) is 19.3 Å². The topological polar surface area (TPSA) is 192 Å². The van der Waals surface area contributed by atoms with E-state index in [0.29, 0.717) is 32.1 Å². The molecular formula is C45H76NO11P. The third-order valence-electron chi connectivity index (χ3n) is 9.78. The summed E-state index contributed by atoms with van der Waals surface area (Å²) in [6, 6.07) is 0. The minimum Gasteiger partial charge on any atom is -0.462 e. The summed E-state index contributed by atoms with van der Waals surface area (Å²) in [5.74, 6) is -1.64. The number of aliphatic hydroxyl groups is 2. The van der Waals surface area contributed by atoms with Crippen LogP contribution in [0.15, 0.2) is 60.8 Å². The van der Waals surface area contributed by atoms with Gasteiger partial charge in [0.15, 0.2) is 6.10 Å². The van der Waals surface area contributed by atoms with E-state index in [2.05, 4.69) is 50.3 Å². The zero-order chi connectivity index (χ0) is 42.7. The molecular weight excluding hydrogens is 761 g/mol. The number of aliphatic hydroxyl groups excluding tert-OH is 2. The Labute approximate surface area is 349 Å². The van der Waals surface area contributed by atoms with Crippen molar-refractivity contribution >= 4 is 25.5 Å². The van der Waals surface area contributed by atoms with E-state index >= 15 is 0 Å². The van der Waals surface area contributed by atoms with E-state index in [1.807, 2.05) is 12.2 Å². The van der Waals surface area contributed by atoms with E-state index in [9.17, 15) is 34.1 Å². The maximum atomic E-state index is 12.6. The Morgan fingerprint density at radius 1 is 0.793 bits per heavy atom. The number of ether oxygens (including phenoxy) is 2. The van der Waals surface area contributed by atoms with Gasteiger partial charge in [0.1, 0.15) is 12.4 Å². The van der Waals surface area contributed by atoms with Crippen molar-refractivity contribution in [2.75, 3.05) is 26.4 Å². The predicted octanol–water partition coefficient (Wildman–Crippen LogP) is 9.08. The Morgan fingerprint density at radius 2 is 1.40 bits per heavy atom. The zero-order valence-corrected chi connectivity index (χ0v) is 36.4. The summed E-state index contributed by atoms with van der Waals surface area (Å²) in [5, 5.41) is 20.7. The van der Waals surface area contributed by atoms with Crippen molar-refractivity contribution in [3.63, 3.8) is 0 Å². The first kappa shape index (κ1) is 53.3. The van der Waals surface area contributed by atoms with E-state index in [1.54, 1.807) is 12.2 Å². The molecule has 1 saturated carbocycles. The molecule has 1 fully saturated rings. The highest BCUT2D eigenvalue weighted by atomic mass is 31.2. The molecule has 13 heteroatoms. The van der Waals surface area contributed by atoms with Gasteiger partial charge in [-0.15, -0.1) is 0 Å². The minimum atomic E-state index is -4.45. The molecule has 0 aromatic carbocycles. The summed E-state index contributed by atoms with van der Waals surface area (Å²) in [6.45, 7) is 3.25. The molecule has 332 valence electrons. The fourth-order valence-corrected chi connectivity index (χ4v) is 7.24. The number of carbonyl (C=O) groups is 3. The average Bonchev–Trinajstić information content (AvgIpc) is 3.47. The lowest BCUT2D eigenvalue weighted by molar-refractivity contribution is -0.161. The molecule has 0 amide bonds. The monoisotopic (exact) mass is 838 g/mol. The molecule has 1 aliphatic carbocycles. The van der Waals surface area contributed by atoms with Gasteiger partial charge in [-0.2, -0.15) is 0 Å². The number of carbonyl (C=O) groups excluding carboxylic acids is 3. The molecule has 12 nitrogen and oxygen atoms in total. The number of hydrogen-bond acceptors (Lipinski definition) is 11. The van der Waals surface area contributed by atoms with Crippen molar-refractivity contribution in [2.45, 2.75) is 167 Å². The zero-order valence-electron chi connectivity index (χ0n) is 35.5. The molecule has 0 radical (unpaired) electrons. The first-order valence-electron chi connectivity index (χ1n) is 21.9. The number of rotatable bonds is 36. The number of phosphoric ester groups is 1. The minimum absolute atomic E-state index is 0.000967. The van der Waals surface area contributed by atoms with E-state index in [0.717, 1.165) is 64.2 Å². The van der Waals surface area contributed by atoms with Crippen LogP contribution in [-0.4, -0.2) is 77.5 Å². The molecule has 1 unspecified atom stereocenters. The van der Waals surface area contributed by atoms with Crippen LogP contribution >= 0.6 is 7.82 Å². The van der Waals surface area contributed by atoms with E-state index in [-0.39, 0.29) is 50.7 Å². The standard InChI is InChI=1S/C45H76NO11P/c1-3-5-7-8-9-10-11-12-13-14-15-16-17-18-19-20-26-30-45(51)57-39(37-56-58(52,53)55-34-33-46)36-54-44(50)29-25-22-21-24-28-40-41(43(49)35-42(40)48)32-31-38(47)27-23-6-4-2/h9-10,12-13,15-16,18-19,31-32,38-42,47-48H,3-8,11,14,17,20-30,33-37,46H2,1-2H3,(H,52,53)/b10-9-,13-12-,16-15-,19-18-,32-31+/t38-,39+,40+,41+,42-/m0/s1. The molecule has 0 aromatic rings. The molecule has 58 heavy (non-hydrogen) atoms. The fourth-order valence-electron chi connectivity index (χ4n) is 6.47. The average molecular weight is 838 g/mol. The van der Waals surface area contributed by atoms with Gasteiger partial charge in [0.05, 0.1) is 25.4 Å². The van der Waals surface area contributed by atoms with E-state index < -0.39 is 50.6 Å². The quantitative estimate of drug-likeness (QED) is 0.0203. The van der Waals surface area contributed by atoms with Gasteiger partial charge >= 0.3 is 19.8 Å². The summed E-state index contributed by atoms with van der Waals surface area (Å²) in [4.78, 5) is 47.6. The maximum absolute atomic E-state index is 12.6. The maximum Gasteiger partial charge on any atom is 0.472 e. The number of nitrogens with two attached hydrogens (primary N) is 1. The number of ketones is 1. The van der Waals surface area contributed by atoms with Crippen LogP contribution in [0.4, 0.5) is 0 Å². The normalized spacial score (nSPS) is 19.6. The number of hydrogen-bond donors (Lipinski definition) is 4. The molecule has 5 N–H and O–H groups in total. The lowest BCUT2D eigenvalue weighted by Gasteiger charge is -2.20. The fraction of sp³-hybridized carbons (Fsp3) is 0.711. The molecule has 0 aliphatic heterocycles. The second kappa shape index (κ2) is 35.1. The van der Waals surface area contributed by atoms with Gasteiger partial charge < -0.3 is 30.3 Å². The molecule has 1 rings (SSSR count). The highest BCUT2D eigenvalue weighted by molar-refractivity contribution is 7.47. The van der Waals surface area contributed by atoms with Crippen molar-refractivity contribution in [2.24, 2.45) is 17.6 Å². The summed E-state index contributed by atoms with van der Waals surface area (Å²) >= 11 is 0. The second-order valence-electron chi connectivity index (χ2n) is 15.0. The Hall–Kier alpha value is -2.70. The van der Waals surface area contributed by atoms with Gasteiger partial charge in [0, 0.05) is 31.7 Å². The van der Waals surface area contributed by atoms with Crippen LogP contribution in [0.2, 0.25) is 0 Å². The number of unbranched alkanes of at least 4 members (excludes halogenated alkanes) is 9. The largest absolute Gasteiger partial charge is 0.472 e. The van der Waals surface area contributed by atoms with Crippen molar-refractivity contribution < 1.29 is 52.6 Å². The van der Waals surface area contributed by atoms with Crippen molar-refractivity contribution in [3.05, 3.63) is 60.8 Å². The van der Waals surface area contributed by atoms with E-state index in [4.69, 9.17) is 24.3 Å². The molecule has 0 bridgehead atoms. The summed E-state index contributed by atoms with van der Waals surface area (Å²) < 4.78 is 32.7. The SMILES string of the molecule is CCCCC/C=C\C/C=C\C/C=C\C/C=C\CCCC(=O)O[C@H](COC(=O)CCCCCC[C@H]1[C@@H](O)CC(=O)[C@@H]1/C=C/[C@@H](O)CCCCC)COP(=O)(O)OCCN. The van der Waals surface area contributed by atoms with Gasteiger partial charge in [0.25, 0.3) is 0 Å². The second-order valence-corrected chi connectivity index (χ2v) is 16.4. The highest BCUT2D eigenvalue weighted by Crippen LogP contribution is 2.43. The first-order valence-corrected chi connectivity index (χ1v) is 23.4. The van der Waals surface area contributed by atoms with Crippen LogP contribution < -0.4 is 5.73 Å². The molecule has 0 aromatic heterocycles. The number of Topliss-reactive ketones (excluding diaryl/α,β-unsaturated/α-hetero) is 1. The molecule has 6 atom stereocenters. The number of phosphoric acid groups is 1. The Morgan fingerprint density at radius 3 is 2.05 bits per heavy atom. The molecule has 0 spiro atoms. The number of esters is 2. The smallest absolute Gasteiger partial charge is 0.462 e. The van der Waals surface area contributed by atoms with Crippen molar-refractivity contribution in [1.29, 1.82) is 0 Å². The predicted molar refractivity (Wildman–Crippen MR) is 230 cm³/mol. The van der Waals surface area contributed by atoms with Crippen molar-refractivity contribution in [3.8, 4) is 0 Å². The van der Waals surface area contributed by atoms with Crippen LogP contribution in [0.1, 0.15) is 149 Å². The molecule has 0 saturated heterocycles. The van der Waals surface area contributed by atoms with Crippen LogP contribution in [0.3, 0.4) is 0 Å². The Bertz CT molecular complexity index is 1300. The van der Waals surface area contributed by atoms with Crippen LogP contribution in [0.5, 0.6) is 0 Å². The Kier molecular flexibility index (Phi) is 32.3. The lowest BCUT2D eigenvalue weighted by Crippen LogP contribution is -2.29.